The number of rotatable bonds is 2. The Morgan fingerprint density at radius 2 is 2.00 bits per heavy atom. The maximum absolute atomic E-state index is 10.9. The molecule has 0 saturated heterocycles. The molecule has 2 aliphatic rings. The van der Waals surface area contributed by atoms with E-state index in [1.54, 1.807) is 22.8 Å². The standard InChI is InChI=1S/C17H10N2O2S2/c20-17(21)16-8-11(9-22-16)18-10-5-6-13-15(7-10)23-14-4-2-1-3-12(14)19-13/h1-9H,(H,20,21)/b18-10+. The van der Waals surface area contributed by atoms with E-state index in [0.717, 1.165) is 26.1 Å². The third kappa shape index (κ3) is 2.74. The van der Waals surface area contributed by atoms with Gasteiger partial charge in [-0.25, -0.2) is 14.8 Å². The van der Waals surface area contributed by atoms with Gasteiger partial charge in [0.1, 0.15) is 4.88 Å². The van der Waals surface area contributed by atoms with E-state index >= 15 is 0 Å². The number of nitrogens with zero attached hydrogens (tertiary/aromatic N) is 2. The minimum absolute atomic E-state index is 0.292. The van der Waals surface area contributed by atoms with Crippen LogP contribution in [0.25, 0.3) is 20.8 Å². The fraction of sp³-hybridized carbons (Fsp3) is 0. The predicted molar refractivity (Wildman–Crippen MR) is 92.7 cm³/mol. The summed E-state index contributed by atoms with van der Waals surface area (Å²) in [5.74, 6) is -0.923. The number of thiophene rings is 1. The van der Waals surface area contributed by atoms with Crippen LogP contribution in [0.2, 0.25) is 0 Å². The molecule has 2 heterocycles. The van der Waals surface area contributed by atoms with Gasteiger partial charge in [-0.15, -0.1) is 22.7 Å². The topological polar surface area (TPSA) is 62.5 Å². The lowest BCUT2D eigenvalue weighted by Gasteiger charge is -2.05. The minimum atomic E-state index is -0.923. The van der Waals surface area contributed by atoms with Crippen LogP contribution in [0.3, 0.4) is 0 Å². The van der Waals surface area contributed by atoms with E-state index in [0.29, 0.717) is 10.6 Å². The Morgan fingerprint density at radius 3 is 2.83 bits per heavy atom. The minimum Gasteiger partial charge on any atom is -0.477 e. The Labute approximate surface area is 139 Å². The van der Waals surface area contributed by atoms with Crippen molar-refractivity contribution in [3.05, 3.63) is 64.1 Å². The van der Waals surface area contributed by atoms with Gasteiger partial charge in [0, 0.05) is 5.38 Å². The summed E-state index contributed by atoms with van der Waals surface area (Å²) in [6.45, 7) is 0. The Bertz CT molecular complexity index is 1070. The number of hydrogen-bond donors (Lipinski definition) is 1. The zero-order valence-electron chi connectivity index (χ0n) is 11.8. The Hall–Kier alpha value is -2.57. The molecule has 0 radical (unpaired) electrons. The normalized spacial score (nSPS) is 12.1. The molecular weight excluding hydrogens is 328 g/mol. The van der Waals surface area contributed by atoms with E-state index in [1.165, 1.54) is 11.3 Å². The molecule has 0 amide bonds. The van der Waals surface area contributed by atoms with Crippen molar-refractivity contribution in [2.75, 3.05) is 0 Å². The SMILES string of the molecule is O=C(O)c1cc(/N=c2\ccc3nc4ccccc4sc-3c2)cs1. The molecule has 4 nitrogen and oxygen atoms in total. The molecule has 23 heavy (non-hydrogen) atoms. The highest BCUT2D eigenvalue weighted by atomic mass is 32.1. The van der Waals surface area contributed by atoms with E-state index in [4.69, 9.17) is 5.11 Å². The highest BCUT2D eigenvalue weighted by Gasteiger charge is 2.08. The van der Waals surface area contributed by atoms with Crippen LogP contribution >= 0.6 is 22.7 Å². The Morgan fingerprint density at radius 1 is 1.13 bits per heavy atom. The molecule has 1 aliphatic heterocycles. The summed E-state index contributed by atoms with van der Waals surface area (Å²) in [6.07, 6.45) is 0. The van der Waals surface area contributed by atoms with Gasteiger partial charge in [-0.05, 0) is 36.4 Å². The van der Waals surface area contributed by atoms with Crippen LogP contribution in [-0.4, -0.2) is 16.1 Å². The fourth-order valence-corrected chi connectivity index (χ4v) is 3.93. The molecule has 1 aromatic carbocycles. The third-order valence-electron chi connectivity index (χ3n) is 3.32. The quantitative estimate of drug-likeness (QED) is 0.551. The summed E-state index contributed by atoms with van der Waals surface area (Å²) in [7, 11) is 0. The molecule has 112 valence electrons. The van der Waals surface area contributed by atoms with E-state index in [2.05, 4.69) is 9.98 Å². The first-order valence-electron chi connectivity index (χ1n) is 6.85. The Balaban J connectivity index is 1.84. The molecule has 1 aromatic heterocycles. The van der Waals surface area contributed by atoms with Gasteiger partial charge >= 0.3 is 5.97 Å². The summed E-state index contributed by atoms with van der Waals surface area (Å²) >= 11 is 2.85. The second-order valence-corrected chi connectivity index (χ2v) is 6.91. The number of carboxylic acid groups (broad SMARTS) is 1. The van der Waals surface area contributed by atoms with Crippen molar-refractivity contribution in [3.63, 3.8) is 0 Å². The second-order valence-electron chi connectivity index (χ2n) is 4.92. The summed E-state index contributed by atoms with van der Waals surface area (Å²) in [6, 6.07) is 15.4. The highest BCUT2D eigenvalue weighted by Crippen LogP contribution is 2.29. The maximum atomic E-state index is 10.9. The van der Waals surface area contributed by atoms with Gasteiger partial charge in [-0.1, -0.05) is 12.1 Å². The van der Waals surface area contributed by atoms with Crippen LogP contribution in [-0.2, 0) is 0 Å². The maximum Gasteiger partial charge on any atom is 0.345 e. The van der Waals surface area contributed by atoms with Gasteiger partial charge in [-0.2, -0.15) is 0 Å². The lowest BCUT2D eigenvalue weighted by Crippen LogP contribution is -2.00. The van der Waals surface area contributed by atoms with Crippen LogP contribution in [0, 0.1) is 0 Å². The second kappa shape index (κ2) is 5.57. The number of aromatic carboxylic acids is 1. The van der Waals surface area contributed by atoms with Gasteiger partial charge in [0.05, 0.1) is 31.8 Å². The van der Waals surface area contributed by atoms with Crippen molar-refractivity contribution >= 4 is 44.5 Å². The number of carbonyl (C=O) groups is 1. The summed E-state index contributed by atoms with van der Waals surface area (Å²) in [5, 5.41) is 11.5. The molecule has 4 rings (SSSR count). The molecule has 2 aromatic rings. The number of benzene rings is 2. The van der Waals surface area contributed by atoms with Crippen LogP contribution in [0.4, 0.5) is 5.69 Å². The molecule has 6 heteroatoms. The lowest BCUT2D eigenvalue weighted by molar-refractivity contribution is 0.0702. The number of carboxylic acids is 1. The van der Waals surface area contributed by atoms with Crippen molar-refractivity contribution in [2.24, 2.45) is 4.99 Å². The van der Waals surface area contributed by atoms with Gasteiger partial charge < -0.3 is 5.11 Å². The monoisotopic (exact) mass is 338 g/mol. The van der Waals surface area contributed by atoms with Crippen LogP contribution < -0.4 is 5.36 Å². The number of hydrogen-bond acceptors (Lipinski definition) is 5. The molecule has 0 saturated carbocycles. The molecule has 0 unspecified atom stereocenters. The van der Waals surface area contributed by atoms with Crippen LogP contribution in [0.1, 0.15) is 9.67 Å². The predicted octanol–water partition coefficient (Wildman–Crippen LogP) is 4.39. The fourth-order valence-electron chi connectivity index (χ4n) is 2.28. The number of fused-ring (bicyclic) bond motifs is 2. The van der Waals surface area contributed by atoms with Crippen molar-refractivity contribution in [1.29, 1.82) is 0 Å². The van der Waals surface area contributed by atoms with Gasteiger partial charge in [0.15, 0.2) is 0 Å². The van der Waals surface area contributed by atoms with Crippen LogP contribution in [0.5, 0.6) is 0 Å². The Kier molecular flexibility index (Phi) is 3.40. The number of aromatic nitrogens is 1. The summed E-state index contributed by atoms with van der Waals surface area (Å²) in [5.41, 5.74) is 2.58. The molecule has 0 atom stereocenters. The third-order valence-corrected chi connectivity index (χ3v) is 5.34. The summed E-state index contributed by atoms with van der Waals surface area (Å²) in [4.78, 5) is 21.4. The van der Waals surface area contributed by atoms with E-state index in [1.807, 2.05) is 42.5 Å². The average molecular weight is 338 g/mol. The lowest BCUT2D eigenvalue weighted by atomic mass is 10.2. The van der Waals surface area contributed by atoms with Gasteiger partial charge in [0.25, 0.3) is 0 Å². The zero-order valence-corrected chi connectivity index (χ0v) is 13.4. The molecule has 0 bridgehead atoms. The van der Waals surface area contributed by atoms with E-state index in [-0.39, 0.29) is 0 Å². The van der Waals surface area contributed by atoms with E-state index < -0.39 is 5.97 Å². The smallest absolute Gasteiger partial charge is 0.345 e. The first kappa shape index (κ1) is 14.0. The summed E-state index contributed by atoms with van der Waals surface area (Å²) < 4.78 is 1.13. The molecular formula is C17H10N2O2S2. The first-order valence-corrected chi connectivity index (χ1v) is 8.55. The average Bonchev–Trinajstić information content (AvgIpc) is 3.01. The largest absolute Gasteiger partial charge is 0.477 e. The van der Waals surface area contributed by atoms with Crippen molar-refractivity contribution in [3.8, 4) is 10.6 Å². The van der Waals surface area contributed by atoms with E-state index in [9.17, 15) is 4.79 Å². The molecule has 0 fully saturated rings. The van der Waals surface area contributed by atoms with Crippen molar-refractivity contribution in [1.82, 2.24) is 4.98 Å². The molecule has 1 aliphatic carbocycles. The number of para-hydroxylation sites is 1. The zero-order chi connectivity index (χ0) is 15.8. The van der Waals surface area contributed by atoms with Crippen molar-refractivity contribution < 1.29 is 9.90 Å². The van der Waals surface area contributed by atoms with Crippen LogP contribution in [0.15, 0.2) is 58.9 Å². The molecule has 1 N–H and O–H groups in total. The van der Waals surface area contributed by atoms with Crippen molar-refractivity contribution in [2.45, 2.75) is 0 Å². The molecule has 0 spiro atoms. The van der Waals surface area contributed by atoms with Gasteiger partial charge in [0.2, 0.25) is 0 Å². The highest BCUT2D eigenvalue weighted by molar-refractivity contribution is 7.21. The first-order chi connectivity index (χ1) is 11.2. The van der Waals surface area contributed by atoms with Gasteiger partial charge in [-0.3, -0.25) is 0 Å².